The van der Waals surface area contributed by atoms with Gasteiger partial charge in [0.25, 0.3) is 5.91 Å². The number of carboxylic acids is 1. The smallest absolute Gasteiger partial charge is 0.287 e. The third kappa shape index (κ3) is 7.66. The molecular formula is C19H23ClN2O4S. The molecule has 0 bridgehead atoms. The van der Waals surface area contributed by atoms with Gasteiger partial charge in [0, 0.05) is 22.3 Å². The number of carbonyl (C=O) groups is 2. The highest BCUT2D eigenvalue weighted by molar-refractivity contribution is 7.98. The average molecular weight is 411 g/mol. The fourth-order valence-electron chi connectivity index (χ4n) is 2.54. The number of amides is 1. The molecule has 0 spiro atoms. The van der Waals surface area contributed by atoms with Crippen molar-refractivity contribution in [2.45, 2.75) is 23.1 Å². The minimum absolute atomic E-state index is 0.159. The summed E-state index contributed by atoms with van der Waals surface area (Å²) in [6, 6.07) is 10.3. The molecule has 0 aliphatic rings. The summed E-state index contributed by atoms with van der Waals surface area (Å²) in [6.07, 6.45) is -0.249. The number of hydrogen-bond donors (Lipinski definition) is 1. The maximum atomic E-state index is 12.4. The van der Waals surface area contributed by atoms with Crippen LogP contribution in [0.1, 0.15) is 22.7 Å². The molecule has 1 unspecified atom stereocenters. The summed E-state index contributed by atoms with van der Waals surface area (Å²) in [5, 5.41) is 14.4. The molecule has 146 valence electrons. The Morgan fingerprint density at radius 2 is 1.85 bits per heavy atom. The number of carbonyl (C=O) groups excluding carboxylic acids is 2. The zero-order valence-corrected chi connectivity index (χ0v) is 17.1. The van der Waals surface area contributed by atoms with E-state index < -0.39 is 17.9 Å². The predicted octanol–water partition coefficient (Wildman–Crippen LogP) is 2.17. The van der Waals surface area contributed by atoms with E-state index in [9.17, 15) is 14.7 Å². The molecule has 27 heavy (non-hydrogen) atoms. The maximum Gasteiger partial charge on any atom is 0.287 e. The van der Waals surface area contributed by atoms with Crippen molar-refractivity contribution >= 4 is 35.2 Å². The first-order chi connectivity index (χ1) is 12.6. The fraction of sp³-hybridized carbons (Fsp3) is 0.368. The highest BCUT2D eigenvalue weighted by Crippen LogP contribution is 2.25. The number of rotatable bonds is 9. The quantitative estimate of drug-likeness (QED) is 0.506. The van der Waals surface area contributed by atoms with Crippen molar-refractivity contribution in [2.75, 3.05) is 27.7 Å². The molecule has 6 nitrogen and oxygen atoms in total. The number of benzene rings is 1. The van der Waals surface area contributed by atoms with Crippen molar-refractivity contribution in [3.8, 4) is 0 Å². The molecular weight excluding hydrogens is 388 g/mol. The second-order valence-electron chi connectivity index (χ2n) is 7.23. The Morgan fingerprint density at radius 1 is 1.19 bits per heavy atom. The Bertz CT molecular complexity index is 784. The molecule has 0 saturated heterocycles. The van der Waals surface area contributed by atoms with Crippen LogP contribution in [0.15, 0.2) is 45.7 Å². The van der Waals surface area contributed by atoms with Gasteiger partial charge in [-0.2, -0.15) is 0 Å². The molecule has 2 aromatic rings. The standard InChI is InChI=1S/C19H23ClN2O4S/c1-22(2,3)11-14(10-18(23)24)21-19(25)17-9-6-15(26-17)12-27-16-7-4-13(20)5-8-16/h4-9,14H,10-12H2,1-3H3,(H-,21,23,24,25). The lowest BCUT2D eigenvalue weighted by molar-refractivity contribution is -0.871. The molecule has 1 aromatic carbocycles. The number of carboxylic acid groups (broad SMARTS) is 1. The Balaban J connectivity index is 1.95. The van der Waals surface area contributed by atoms with E-state index >= 15 is 0 Å². The summed E-state index contributed by atoms with van der Waals surface area (Å²) in [5.74, 6) is -0.253. The van der Waals surface area contributed by atoms with Crippen LogP contribution in [-0.2, 0) is 10.5 Å². The van der Waals surface area contributed by atoms with Crippen molar-refractivity contribution < 1.29 is 23.6 Å². The van der Waals surface area contributed by atoms with Crippen LogP contribution < -0.4 is 10.4 Å². The topological polar surface area (TPSA) is 82.4 Å². The molecule has 0 radical (unpaired) electrons. The number of likely N-dealkylation sites (N-methyl/N-ethyl adjacent to an activating group) is 1. The van der Waals surface area contributed by atoms with Gasteiger partial charge in [-0.25, -0.2) is 0 Å². The molecule has 0 aliphatic carbocycles. The number of nitrogens with zero attached hydrogens (tertiary/aromatic N) is 1. The van der Waals surface area contributed by atoms with Gasteiger partial charge in [-0.3, -0.25) is 4.79 Å². The lowest BCUT2D eigenvalue weighted by Crippen LogP contribution is -2.50. The van der Waals surface area contributed by atoms with Gasteiger partial charge in [0.1, 0.15) is 5.76 Å². The summed E-state index contributed by atoms with van der Waals surface area (Å²) < 4.78 is 6.11. The Kier molecular flexibility index (Phi) is 7.35. The second-order valence-corrected chi connectivity index (χ2v) is 8.71. The first-order valence-corrected chi connectivity index (χ1v) is 9.77. The van der Waals surface area contributed by atoms with Gasteiger partial charge >= 0.3 is 0 Å². The van der Waals surface area contributed by atoms with Crippen LogP contribution in [0.5, 0.6) is 0 Å². The lowest BCUT2D eigenvalue weighted by atomic mass is 10.2. The SMILES string of the molecule is C[N+](C)(C)CC(CC(=O)[O-])NC(=O)c1ccc(CSc2ccc(Cl)cc2)o1. The van der Waals surface area contributed by atoms with Crippen LogP contribution in [-0.4, -0.2) is 50.1 Å². The number of furan rings is 1. The summed E-state index contributed by atoms with van der Waals surface area (Å²) >= 11 is 7.43. The van der Waals surface area contributed by atoms with Gasteiger partial charge in [0.15, 0.2) is 5.76 Å². The van der Waals surface area contributed by atoms with Gasteiger partial charge in [0.05, 0.1) is 39.5 Å². The van der Waals surface area contributed by atoms with E-state index in [2.05, 4.69) is 5.32 Å². The van der Waals surface area contributed by atoms with Crippen LogP contribution in [0.25, 0.3) is 0 Å². The highest BCUT2D eigenvalue weighted by atomic mass is 35.5. The van der Waals surface area contributed by atoms with E-state index in [1.54, 1.807) is 23.9 Å². The van der Waals surface area contributed by atoms with E-state index in [0.29, 0.717) is 27.6 Å². The third-order valence-electron chi connectivity index (χ3n) is 3.60. The van der Waals surface area contributed by atoms with Gasteiger partial charge in [-0.05, 0) is 36.4 Å². The molecule has 1 amide bonds. The lowest BCUT2D eigenvalue weighted by Gasteiger charge is -2.29. The van der Waals surface area contributed by atoms with Crippen molar-refractivity contribution in [3.05, 3.63) is 52.9 Å². The summed E-state index contributed by atoms with van der Waals surface area (Å²) in [7, 11) is 5.77. The zero-order valence-electron chi connectivity index (χ0n) is 15.5. The number of halogens is 1. The fourth-order valence-corrected chi connectivity index (χ4v) is 3.46. The predicted molar refractivity (Wildman–Crippen MR) is 103 cm³/mol. The number of hydrogen-bond acceptors (Lipinski definition) is 5. The number of thioether (sulfide) groups is 1. The van der Waals surface area contributed by atoms with Crippen molar-refractivity contribution in [2.24, 2.45) is 0 Å². The molecule has 0 aliphatic heterocycles. The van der Waals surface area contributed by atoms with E-state index in [1.165, 1.54) is 0 Å². The number of aliphatic carboxylic acids is 1. The summed E-state index contributed by atoms with van der Waals surface area (Å²) in [5.41, 5.74) is 0. The third-order valence-corrected chi connectivity index (χ3v) is 4.88. The first-order valence-electron chi connectivity index (χ1n) is 8.40. The second kappa shape index (κ2) is 9.30. The van der Waals surface area contributed by atoms with Crippen molar-refractivity contribution in [1.82, 2.24) is 5.32 Å². The normalized spacial score (nSPS) is 12.6. The van der Waals surface area contributed by atoms with Crippen LogP contribution in [0.4, 0.5) is 0 Å². The maximum absolute atomic E-state index is 12.4. The Hall–Kier alpha value is -1.96. The largest absolute Gasteiger partial charge is 0.550 e. The van der Waals surface area contributed by atoms with Gasteiger partial charge in [-0.1, -0.05) is 11.6 Å². The van der Waals surface area contributed by atoms with Crippen molar-refractivity contribution in [1.29, 1.82) is 0 Å². The first kappa shape index (κ1) is 21.3. The average Bonchev–Trinajstić information content (AvgIpc) is 3.01. The van der Waals surface area contributed by atoms with Gasteiger partial charge < -0.3 is 24.1 Å². The molecule has 0 fully saturated rings. The van der Waals surface area contributed by atoms with Gasteiger partial charge in [0.2, 0.25) is 0 Å². The van der Waals surface area contributed by atoms with Crippen LogP contribution in [0, 0.1) is 0 Å². The minimum atomic E-state index is -1.20. The van der Waals surface area contributed by atoms with Crippen molar-refractivity contribution in [3.63, 3.8) is 0 Å². The molecule has 2 rings (SSSR count). The van der Waals surface area contributed by atoms with Crippen LogP contribution >= 0.6 is 23.4 Å². The molecule has 8 heteroatoms. The zero-order chi connectivity index (χ0) is 20.0. The van der Waals surface area contributed by atoms with E-state index in [-0.39, 0.29) is 12.2 Å². The number of quaternary nitrogens is 1. The molecule has 1 aromatic heterocycles. The summed E-state index contributed by atoms with van der Waals surface area (Å²) in [4.78, 5) is 24.4. The van der Waals surface area contributed by atoms with Crippen LogP contribution in [0.2, 0.25) is 5.02 Å². The Labute approximate surface area is 168 Å². The Morgan fingerprint density at radius 3 is 2.44 bits per heavy atom. The molecule has 1 atom stereocenters. The highest BCUT2D eigenvalue weighted by Gasteiger charge is 2.22. The van der Waals surface area contributed by atoms with E-state index in [4.69, 9.17) is 16.0 Å². The minimum Gasteiger partial charge on any atom is -0.550 e. The monoisotopic (exact) mass is 410 g/mol. The van der Waals surface area contributed by atoms with E-state index in [0.717, 1.165) is 4.90 Å². The van der Waals surface area contributed by atoms with Crippen LogP contribution in [0.3, 0.4) is 0 Å². The summed E-state index contributed by atoms with van der Waals surface area (Å²) in [6.45, 7) is 0.458. The number of nitrogens with one attached hydrogen (secondary N) is 1. The molecule has 1 N–H and O–H groups in total. The molecule has 0 saturated carbocycles. The van der Waals surface area contributed by atoms with Gasteiger partial charge in [-0.15, -0.1) is 11.8 Å². The van der Waals surface area contributed by atoms with E-state index in [1.807, 2.05) is 45.4 Å². The molecule has 1 heterocycles.